The summed E-state index contributed by atoms with van der Waals surface area (Å²) in [4.78, 5) is 0. The van der Waals surface area contributed by atoms with Crippen LogP contribution in [0.1, 0.15) is 5.56 Å². The van der Waals surface area contributed by atoms with Crippen molar-refractivity contribution in [3.63, 3.8) is 0 Å². The fraction of sp³-hybridized carbons (Fsp3) is 0.400. The highest BCUT2D eigenvalue weighted by molar-refractivity contribution is 6.31. The molecule has 13 heavy (non-hydrogen) atoms. The lowest BCUT2D eigenvalue weighted by Gasteiger charge is -2.42. The second-order valence-electron chi connectivity index (χ2n) is 3.28. The first-order chi connectivity index (χ1) is 6.28. The maximum atomic E-state index is 6.09. The number of ether oxygens (including phenoxy) is 1. The SMILES string of the molecule is COC1(c2ccccc2Cl)CNC1. The molecular weight excluding hydrogens is 186 g/mol. The van der Waals surface area contributed by atoms with Crippen LogP contribution in [-0.4, -0.2) is 20.2 Å². The summed E-state index contributed by atoms with van der Waals surface area (Å²) in [6.45, 7) is 1.68. The van der Waals surface area contributed by atoms with Gasteiger partial charge >= 0.3 is 0 Å². The van der Waals surface area contributed by atoms with Gasteiger partial charge in [-0.05, 0) is 6.07 Å². The van der Waals surface area contributed by atoms with Crippen molar-refractivity contribution in [1.29, 1.82) is 0 Å². The van der Waals surface area contributed by atoms with E-state index in [0.717, 1.165) is 23.7 Å². The molecule has 1 N–H and O–H groups in total. The van der Waals surface area contributed by atoms with E-state index >= 15 is 0 Å². The van der Waals surface area contributed by atoms with E-state index in [1.807, 2.05) is 24.3 Å². The highest BCUT2D eigenvalue weighted by Gasteiger charge is 2.40. The molecule has 2 rings (SSSR count). The van der Waals surface area contributed by atoms with Gasteiger partial charge in [-0.3, -0.25) is 0 Å². The van der Waals surface area contributed by atoms with Crippen molar-refractivity contribution >= 4 is 11.6 Å². The molecule has 0 atom stereocenters. The quantitative estimate of drug-likeness (QED) is 0.781. The average molecular weight is 198 g/mol. The van der Waals surface area contributed by atoms with Crippen LogP contribution in [0.5, 0.6) is 0 Å². The number of methoxy groups -OCH3 is 1. The third-order valence-corrected chi connectivity index (χ3v) is 2.91. The van der Waals surface area contributed by atoms with E-state index in [-0.39, 0.29) is 5.60 Å². The lowest BCUT2D eigenvalue weighted by molar-refractivity contribution is -0.0564. The smallest absolute Gasteiger partial charge is 0.119 e. The molecule has 1 saturated heterocycles. The van der Waals surface area contributed by atoms with Crippen molar-refractivity contribution in [2.24, 2.45) is 0 Å². The molecule has 1 heterocycles. The molecule has 1 aliphatic heterocycles. The summed E-state index contributed by atoms with van der Waals surface area (Å²) in [7, 11) is 1.73. The van der Waals surface area contributed by atoms with E-state index in [4.69, 9.17) is 16.3 Å². The molecule has 1 aliphatic rings. The van der Waals surface area contributed by atoms with Gasteiger partial charge in [-0.25, -0.2) is 0 Å². The van der Waals surface area contributed by atoms with E-state index in [1.54, 1.807) is 7.11 Å². The Labute approximate surface area is 82.9 Å². The zero-order valence-corrected chi connectivity index (χ0v) is 8.27. The van der Waals surface area contributed by atoms with E-state index < -0.39 is 0 Å². The average Bonchev–Trinajstić information content (AvgIpc) is 2.07. The summed E-state index contributed by atoms with van der Waals surface area (Å²) >= 11 is 6.09. The molecule has 0 unspecified atom stereocenters. The van der Waals surface area contributed by atoms with Crippen molar-refractivity contribution in [3.05, 3.63) is 34.9 Å². The van der Waals surface area contributed by atoms with Crippen molar-refractivity contribution in [1.82, 2.24) is 5.32 Å². The van der Waals surface area contributed by atoms with Crippen molar-refractivity contribution in [2.45, 2.75) is 5.60 Å². The van der Waals surface area contributed by atoms with Gasteiger partial charge in [0.25, 0.3) is 0 Å². The third kappa shape index (κ3) is 1.35. The zero-order chi connectivity index (χ0) is 9.31. The second-order valence-corrected chi connectivity index (χ2v) is 3.69. The first-order valence-electron chi connectivity index (χ1n) is 4.29. The number of hydrogen-bond donors (Lipinski definition) is 1. The van der Waals surface area contributed by atoms with Gasteiger partial charge in [0.1, 0.15) is 5.60 Å². The highest BCUT2D eigenvalue weighted by atomic mass is 35.5. The Hall–Kier alpha value is -0.570. The van der Waals surface area contributed by atoms with Crippen LogP contribution in [0.15, 0.2) is 24.3 Å². The fourth-order valence-electron chi connectivity index (χ4n) is 1.63. The van der Waals surface area contributed by atoms with Crippen LogP contribution in [0.2, 0.25) is 5.02 Å². The highest BCUT2D eigenvalue weighted by Crippen LogP contribution is 2.33. The normalized spacial score (nSPS) is 19.5. The molecule has 0 saturated carbocycles. The zero-order valence-electron chi connectivity index (χ0n) is 7.51. The summed E-state index contributed by atoms with van der Waals surface area (Å²) in [5.41, 5.74) is 0.885. The molecule has 0 aliphatic carbocycles. The second kappa shape index (κ2) is 3.29. The molecule has 0 radical (unpaired) electrons. The van der Waals surface area contributed by atoms with E-state index in [0.29, 0.717) is 0 Å². The van der Waals surface area contributed by atoms with Gasteiger partial charge in [-0.2, -0.15) is 0 Å². The summed E-state index contributed by atoms with van der Waals surface area (Å²) in [5.74, 6) is 0. The van der Waals surface area contributed by atoms with Gasteiger partial charge in [0, 0.05) is 30.8 Å². The molecule has 1 fully saturated rings. The van der Waals surface area contributed by atoms with Gasteiger partial charge in [0.2, 0.25) is 0 Å². The number of halogens is 1. The number of rotatable bonds is 2. The predicted molar refractivity (Wildman–Crippen MR) is 53.0 cm³/mol. The van der Waals surface area contributed by atoms with Crippen LogP contribution in [-0.2, 0) is 10.3 Å². The molecule has 1 aromatic carbocycles. The minimum absolute atomic E-state index is 0.196. The first kappa shape index (κ1) is 9.00. The summed E-state index contributed by atoms with van der Waals surface area (Å²) in [5, 5.41) is 3.98. The minimum atomic E-state index is -0.196. The molecular formula is C10H12ClNO. The van der Waals surface area contributed by atoms with E-state index in [9.17, 15) is 0 Å². The van der Waals surface area contributed by atoms with Crippen LogP contribution >= 0.6 is 11.6 Å². The lowest BCUT2D eigenvalue weighted by atomic mass is 9.88. The Bertz CT molecular complexity index is 304. The van der Waals surface area contributed by atoms with Gasteiger partial charge in [0.15, 0.2) is 0 Å². The van der Waals surface area contributed by atoms with Crippen LogP contribution in [0.4, 0.5) is 0 Å². The monoisotopic (exact) mass is 197 g/mol. The number of hydrogen-bond acceptors (Lipinski definition) is 2. The maximum absolute atomic E-state index is 6.09. The summed E-state index contributed by atoms with van der Waals surface area (Å²) in [6, 6.07) is 7.84. The maximum Gasteiger partial charge on any atom is 0.119 e. The Balaban J connectivity index is 2.38. The van der Waals surface area contributed by atoms with Crippen molar-refractivity contribution in [2.75, 3.05) is 20.2 Å². The van der Waals surface area contributed by atoms with Crippen LogP contribution in [0.25, 0.3) is 0 Å². The Morgan fingerprint density at radius 2 is 2.08 bits per heavy atom. The van der Waals surface area contributed by atoms with Crippen LogP contribution in [0, 0.1) is 0 Å². The van der Waals surface area contributed by atoms with Gasteiger partial charge < -0.3 is 10.1 Å². The summed E-state index contributed by atoms with van der Waals surface area (Å²) < 4.78 is 5.49. The Morgan fingerprint density at radius 3 is 2.54 bits per heavy atom. The molecule has 3 heteroatoms. The molecule has 2 nitrogen and oxygen atoms in total. The van der Waals surface area contributed by atoms with E-state index in [1.165, 1.54) is 0 Å². The van der Waals surface area contributed by atoms with E-state index in [2.05, 4.69) is 5.32 Å². The molecule has 1 aromatic rings. The molecule has 70 valence electrons. The lowest BCUT2D eigenvalue weighted by Crippen LogP contribution is -2.58. The van der Waals surface area contributed by atoms with Gasteiger partial charge in [-0.1, -0.05) is 29.8 Å². The Morgan fingerprint density at radius 1 is 1.38 bits per heavy atom. The number of benzene rings is 1. The molecule has 0 aromatic heterocycles. The molecule has 0 bridgehead atoms. The van der Waals surface area contributed by atoms with Crippen molar-refractivity contribution in [3.8, 4) is 0 Å². The largest absolute Gasteiger partial charge is 0.371 e. The van der Waals surface area contributed by atoms with Crippen LogP contribution < -0.4 is 5.32 Å². The summed E-state index contributed by atoms with van der Waals surface area (Å²) in [6.07, 6.45) is 0. The standard InChI is InChI=1S/C10H12ClNO/c1-13-10(6-12-7-10)8-4-2-3-5-9(8)11/h2-5,12H,6-7H2,1H3. The fourth-order valence-corrected chi connectivity index (χ4v) is 1.94. The van der Waals surface area contributed by atoms with Gasteiger partial charge in [-0.15, -0.1) is 0 Å². The minimum Gasteiger partial charge on any atom is -0.371 e. The topological polar surface area (TPSA) is 21.3 Å². The van der Waals surface area contributed by atoms with Crippen LogP contribution in [0.3, 0.4) is 0 Å². The predicted octanol–water partition coefficient (Wildman–Crippen LogP) is 1.78. The molecule has 0 amide bonds. The Kier molecular flexibility index (Phi) is 2.28. The van der Waals surface area contributed by atoms with Crippen molar-refractivity contribution < 1.29 is 4.74 Å². The molecule has 0 spiro atoms. The first-order valence-corrected chi connectivity index (χ1v) is 4.67. The number of nitrogens with one attached hydrogen (secondary N) is 1. The third-order valence-electron chi connectivity index (χ3n) is 2.58. The van der Waals surface area contributed by atoms with Gasteiger partial charge in [0.05, 0.1) is 0 Å².